The van der Waals surface area contributed by atoms with Gasteiger partial charge in [0.15, 0.2) is 0 Å². The standard InChI is InChI=1S/C18H15F3N2O2/c19-18(20,21)13-6-8-14(9-7-13)22-17(25)12-10-16(24)23(11-12)15-4-2-1-3-5-15/h1-9,12H,10-11H2,(H,22,25). The third kappa shape index (κ3) is 3.81. The van der Waals surface area contributed by atoms with E-state index in [1.165, 1.54) is 17.0 Å². The lowest BCUT2D eigenvalue weighted by molar-refractivity contribution is -0.137. The Hall–Kier alpha value is -2.83. The van der Waals surface area contributed by atoms with Gasteiger partial charge in [-0.25, -0.2) is 0 Å². The number of anilines is 2. The van der Waals surface area contributed by atoms with Gasteiger partial charge in [0.05, 0.1) is 11.5 Å². The van der Waals surface area contributed by atoms with Crippen molar-refractivity contribution in [3.63, 3.8) is 0 Å². The Morgan fingerprint density at radius 3 is 2.28 bits per heavy atom. The molecule has 1 aliphatic heterocycles. The van der Waals surface area contributed by atoms with Crippen LogP contribution in [-0.2, 0) is 15.8 Å². The average Bonchev–Trinajstić information content (AvgIpc) is 2.97. The van der Waals surface area contributed by atoms with Crippen LogP contribution in [-0.4, -0.2) is 18.4 Å². The van der Waals surface area contributed by atoms with Gasteiger partial charge in [-0.05, 0) is 36.4 Å². The SMILES string of the molecule is O=C(Nc1ccc(C(F)(F)F)cc1)C1CC(=O)N(c2ccccc2)C1. The number of rotatable bonds is 3. The molecular weight excluding hydrogens is 333 g/mol. The van der Waals surface area contributed by atoms with Crippen molar-refractivity contribution in [3.05, 3.63) is 60.2 Å². The summed E-state index contributed by atoms with van der Waals surface area (Å²) in [5.74, 6) is -1.08. The van der Waals surface area contributed by atoms with Gasteiger partial charge >= 0.3 is 6.18 Å². The fourth-order valence-electron chi connectivity index (χ4n) is 2.73. The lowest BCUT2D eigenvalue weighted by atomic mass is 10.1. The number of carbonyl (C=O) groups excluding carboxylic acids is 2. The van der Waals surface area contributed by atoms with Gasteiger partial charge in [-0.3, -0.25) is 9.59 Å². The van der Waals surface area contributed by atoms with Crippen LogP contribution < -0.4 is 10.2 Å². The van der Waals surface area contributed by atoms with Crippen LogP contribution in [0.25, 0.3) is 0 Å². The second-order valence-electron chi connectivity index (χ2n) is 5.81. The largest absolute Gasteiger partial charge is 0.416 e. The first-order valence-electron chi connectivity index (χ1n) is 7.68. The lowest BCUT2D eigenvalue weighted by Crippen LogP contribution is -2.28. The summed E-state index contributed by atoms with van der Waals surface area (Å²) in [7, 11) is 0. The Morgan fingerprint density at radius 2 is 1.68 bits per heavy atom. The van der Waals surface area contributed by atoms with Gasteiger partial charge in [-0.1, -0.05) is 18.2 Å². The summed E-state index contributed by atoms with van der Waals surface area (Å²) in [6.07, 6.45) is -4.35. The van der Waals surface area contributed by atoms with Gasteiger partial charge < -0.3 is 10.2 Å². The highest BCUT2D eigenvalue weighted by Gasteiger charge is 2.35. The van der Waals surface area contributed by atoms with Crippen LogP contribution in [0.4, 0.5) is 24.5 Å². The third-order valence-electron chi connectivity index (χ3n) is 4.04. The minimum absolute atomic E-state index is 0.0708. The summed E-state index contributed by atoms with van der Waals surface area (Å²) >= 11 is 0. The fourth-order valence-corrected chi connectivity index (χ4v) is 2.73. The van der Waals surface area contributed by atoms with Crippen molar-refractivity contribution in [1.29, 1.82) is 0 Å². The summed E-state index contributed by atoms with van der Waals surface area (Å²) in [4.78, 5) is 26.0. The molecule has 1 atom stereocenters. The molecule has 1 saturated heterocycles. The predicted molar refractivity (Wildman–Crippen MR) is 87.0 cm³/mol. The van der Waals surface area contributed by atoms with Crippen LogP contribution in [0.15, 0.2) is 54.6 Å². The number of benzene rings is 2. The molecule has 25 heavy (non-hydrogen) atoms. The van der Waals surface area contributed by atoms with Crippen molar-refractivity contribution >= 4 is 23.2 Å². The van der Waals surface area contributed by atoms with E-state index in [9.17, 15) is 22.8 Å². The molecule has 3 rings (SSSR count). The van der Waals surface area contributed by atoms with E-state index < -0.39 is 17.7 Å². The van der Waals surface area contributed by atoms with E-state index in [1.54, 1.807) is 24.3 Å². The van der Waals surface area contributed by atoms with E-state index in [0.717, 1.165) is 17.8 Å². The van der Waals surface area contributed by atoms with Crippen molar-refractivity contribution < 1.29 is 22.8 Å². The highest BCUT2D eigenvalue weighted by atomic mass is 19.4. The molecule has 0 saturated carbocycles. The zero-order valence-corrected chi connectivity index (χ0v) is 13.1. The van der Waals surface area contributed by atoms with Crippen molar-refractivity contribution in [3.8, 4) is 0 Å². The Kier molecular flexibility index (Phi) is 4.48. The number of halogens is 3. The topological polar surface area (TPSA) is 49.4 Å². The first-order chi connectivity index (χ1) is 11.8. The maximum atomic E-state index is 12.5. The minimum Gasteiger partial charge on any atom is -0.326 e. The summed E-state index contributed by atoms with van der Waals surface area (Å²) in [6.45, 7) is 0.245. The maximum Gasteiger partial charge on any atom is 0.416 e. The molecular formula is C18H15F3N2O2. The molecule has 4 nitrogen and oxygen atoms in total. The molecule has 0 spiro atoms. The summed E-state index contributed by atoms with van der Waals surface area (Å²) in [6, 6.07) is 13.2. The lowest BCUT2D eigenvalue weighted by Gasteiger charge is -2.16. The summed E-state index contributed by atoms with van der Waals surface area (Å²) in [5.41, 5.74) is 0.206. The van der Waals surface area contributed by atoms with Crippen LogP contribution in [0.2, 0.25) is 0 Å². The molecule has 0 radical (unpaired) electrons. The number of nitrogens with one attached hydrogen (secondary N) is 1. The van der Waals surface area contributed by atoms with Gasteiger partial charge in [-0.2, -0.15) is 13.2 Å². The van der Waals surface area contributed by atoms with Crippen molar-refractivity contribution in [1.82, 2.24) is 0 Å². The van der Waals surface area contributed by atoms with E-state index >= 15 is 0 Å². The monoisotopic (exact) mass is 348 g/mol. The van der Waals surface area contributed by atoms with E-state index in [2.05, 4.69) is 5.32 Å². The summed E-state index contributed by atoms with van der Waals surface area (Å²) < 4.78 is 37.6. The second-order valence-corrected chi connectivity index (χ2v) is 5.81. The van der Waals surface area contributed by atoms with Crippen LogP contribution in [0, 0.1) is 5.92 Å². The molecule has 1 unspecified atom stereocenters. The van der Waals surface area contributed by atoms with E-state index in [1.807, 2.05) is 6.07 Å². The number of hydrogen-bond donors (Lipinski definition) is 1. The van der Waals surface area contributed by atoms with Gasteiger partial charge in [0, 0.05) is 24.3 Å². The molecule has 2 amide bonds. The summed E-state index contributed by atoms with van der Waals surface area (Å²) in [5, 5.41) is 2.57. The highest BCUT2D eigenvalue weighted by molar-refractivity contribution is 6.03. The van der Waals surface area contributed by atoms with Crippen molar-refractivity contribution in [2.24, 2.45) is 5.92 Å². The highest BCUT2D eigenvalue weighted by Crippen LogP contribution is 2.30. The number of hydrogen-bond acceptors (Lipinski definition) is 2. The van der Waals surface area contributed by atoms with Crippen molar-refractivity contribution in [2.45, 2.75) is 12.6 Å². The Morgan fingerprint density at radius 1 is 1.04 bits per heavy atom. The third-order valence-corrected chi connectivity index (χ3v) is 4.04. The van der Waals surface area contributed by atoms with Gasteiger partial charge in [0.2, 0.25) is 11.8 Å². The Bertz CT molecular complexity index is 773. The van der Waals surface area contributed by atoms with Crippen LogP contribution in [0.5, 0.6) is 0 Å². The van der Waals surface area contributed by atoms with E-state index in [-0.39, 0.29) is 30.5 Å². The predicted octanol–water partition coefficient (Wildman–Crippen LogP) is 3.70. The first kappa shape index (κ1) is 17.0. The number of carbonyl (C=O) groups is 2. The molecule has 1 N–H and O–H groups in total. The number of amides is 2. The molecule has 1 aliphatic rings. The van der Waals surface area contributed by atoms with Crippen LogP contribution in [0.3, 0.4) is 0 Å². The maximum absolute atomic E-state index is 12.5. The fraction of sp³-hybridized carbons (Fsp3) is 0.222. The average molecular weight is 348 g/mol. The van der Waals surface area contributed by atoms with Crippen LogP contribution in [0.1, 0.15) is 12.0 Å². The molecule has 0 aromatic heterocycles. The Balaban J connectivity index is 1.65. The second kappa shape index (κ2) is 6.58. The van der Waals surface area contributed by atoms with Gasteiger partial charge in [0.25, 0.3) is 0 Å². The molecule has 0 aliphatic carbocycles. The quantitative estimate of drug-likeness (QED) is 0.920. The molecule has 1 heterocycles. The molecule has 7 heteroatoms. The zero-order chi connectivity index (χ0) is 18.0. The number of alkyl halides is 3. The molecule has 130 valence electrons. The normalized spacial score (nSPS) is 17.6. The van der Waals surface area contributed by atoms with E-state index in [4.69, 9.17) is 0 Å². The number of nitrogens with zero attached hydrogens (tertiary/aromatic N) is 1. The molecule has 1 fully saturated rings. The van der Waals surface area contributed by atoms with Gasteiger partial charge in [0.1, 0.15) is 0 Å². The minimum atomic E-state index is -4.42. The van der Waals surface area contributed by atoms with Gasteiger partial charge in [-0.15, -0.1) is 0 Å². The molecule has 0 bridgehead atoms. The first-order valence-corrected chi connectivity index (χ1v) is 7.68. The molecule has 2 aromatic rings. The number of para-hydroxylation sites is 1. The Labute approximate surface area is 142 Å². The zero-order valence-electron chi connectivity index (χ0n) is 13.1. The molecule has 2 aromatic carbocycles. The van der Waals surface area contributed by atoms with E-state index in [0.29, 0.717) is 0 Å². The van der Waals surface area contributed by atoms with Crippen molar-refractivity contribution in [2.75, 3.05) is 16.8 Å². The van der Waals surface area contributed by atoms with Crippen LogP contribution >= 0.6 is 0 Å². The smallest absolute Gasteiger partial charge is 0.326 e.